The topological polar surface area (TPSA) is 35.8 Å². The van der Waals surface area contributed by atoms with E-state index in [0.29, 0.717) is 6.04 Å². The lowest BCUT2D eigenvalue weighted by Crippen LogP contribution is -2.52. The molecule has 0 aromatic heterocycles. The fourth-order valence-corrected chi connectivity index (χ4v) is 3.84. The summed E-state index contributed by atoms with van der Waals surface area (Å²) in [4.78, 5) is 0. The van der Waals surface area contributed by atoms with Crippen molar-refractivity contribution in [2.45, 2.75) is 56.5 Å². The summed E-state index contributed by atoms with van der Waals surface area (Å²) in [6.07, 6.45) is 8.68. The van der Waals surface area contributed by atoms with E-state index in [4.69, 9.17) is 0 Å². The predicted octanol–water partition coefficient (Wildman–Crippen LogP) is 2.70. The van der Waals surface area contributed by atoms with Crippen molar-refractivity contribution in [1.29, 1.82) is 5.26 Å². The van der Waals surface area contributed by atoms with E-state index in [1.807, 2.05) is 11.8 Å². The molecule has 84 valence electrons. The van der Waals surface area contributed by atoms with Gasteiger partial charge in [-0.1, -0.05) is 19.3 Å². The molecule has 2 rings (SSSR count). The molecule has 15 heavy (non-hydrogen) atoms. The molecule has 2 nitrogen and oxygen atoms in total. The van der Waals surface area contributed by atoms with Gasteiger partial charge in [0.1, 0.15) is 5.54 Å². The van der Waals surface area contributed by atoms with E-state index in [2.05, 4.69) is 11.4 Å². The highest BCUT2D eigenvalue weighted by Crippen LogP contribution is 2.29. The number of nitrogens with zero attached hydrogens (tertiary/aromatic N) is 1. The van der Waals surface area contributed by atoms with Crippen LogP contribution in [0, 0.1) is 11.3 Å². The summed E-state index contributed by atoms with van der Waals surface area (Å²) < 4.78 is 0. The van der Waals surface area contributed by atoms with Gasteiger partial charge in [0, 0.05) is 6.04 Å². The highest BCUT2D eigenvalue weighted by Gasteiger charge is 2.34. The van der Waals surface area contributed by atoms with Crippen LogP contribution in [0.5, 0.6) is 0 Å². The van der Waals surface area contributed by atoms with Gasteiger partial charge < -0.3 is 0 Å². The predicted molar refractivity (Wildman–Crippen MR) is 64.9 cm³/mol. The highest BCUT2D eigenvalue weighted by molar-refractivity contribution is 7.99. The Morgan fingerprint density at radius 1 is 1.13 bits per heavy atom. The van der Waals surface area contributed by atoms with Crippen LogP contribution in [0.2, 0.25) is 0 Å². The molecule has 1 heterocycles. The first kappa shape index (κ1) is 11.3. The molecule has 1 aliphatic carbocycles. The van der Waals surface area contributed by atoms with Gasteiger partial charge in [-0.3, -0.25) is 5.32 Å². The van der Waals surface area contributed by atoms with E-state index in [1.165, 1.54) is 32.1 Å². The molecule has 1 saturated heterocycles. The van der Waals surface area contributed by atoms with Gasteiger partial charge in [-0.05, 0) is 37.2 Å². The lowest BCUT2D eigenvalue weighted by molar-refractivity contribution is 0.281. The Labute approximate surface area is 96.8 Å². The minimum Gasteiger partial charge on any atom is -0.297 e. The number of nitrogens with one attached hydrogen (secondary N) is 1. The maximum Gasteiger partial charge on any atom is 0.108 e. The molecule has 0 aromatic carbocycles. The Bertz CT molecular complexity index is 234. The number of thioether (sulfide) groups is 1. The summed E-state index contributed by atoms with van der Waals surface area (Å²) in [6.45, 7) is 0. The molecule has 1 aliphatic heterocycles. The summed E-state index contributed by atoms with van der Waals surface area (Å²) in [5.74, 6) is 2.29. The second-order valence-electron chi connectivity index (χ2n) is 4.79. The Balaban J connectivity index is 1.91. The molecule has 0 unspecified atom stereocenters. The molecule has 0 amide bonds. The van der Waals surface area contributed by atoms with Crippen LogP contribution in [0.3, 0.4) is 0 Å². The van der Waals surface area contributed by atoms with Gasteiger partial charge in [-0.25, -0.2) is 0 Å². The normalized spacial score (nSPS) is 27.1. The average molecular weight is 224 g/mol. The number of nitriles is 1. The molecular weight excluding hydrogens is 204 g/mol. The molecule has 3 heteroatoms. The van der Waals surface area contributed by atoms with E-state index in [-0.39, 0.29) is 5.54 Å². The number of rotatable bonds is 2. The van der Waals surface area contributed by atoms with E-state index in [1.54, 1.807) is 0 Å². The smallest absolute Gasteiger partial charge is 0.108 e. The molecular formula is C12H20N2S. The van der Waals surface area contributed by atoms with E-state index in [9.17, 15) is 5.26 Å². The highest BCUT2D eigenvalue weighted by atomic mass is 32.2. The summed E-state index contributed by atoms with van der Waals surface area (Å²) in [5, 5.41) is 13.0. The van der Waals surface area contributed by atoms with Crippen molar-refractivity contribution < 1.29 is 0 Å². The SMILES string of the molecule is N#CC1(NC2CCCCC2)CCSCC1. The van der Waals surface area contributed by atoms with Gasteiger partial charge >= 0.3 is 0 Å². The van der Waals surface area contributed by atoms with Crippen LogP contribution in [-0.4, -0.2) is 23.1 Å². The molecule has 0 spiro atoms. The molecule has 0 bridgehead atoms. The van der Waals surface area contributed by atoms with Crippen LogP contribution in [0.1, 0.15) is 44.9 Å². The fraction of sp³-hybridized carbons (Fsp3) is 0.917. The summed E-state index contributed by atoms with van der Waals surface area (Å²) in [5.41, 5.74) is -0.187. The third-order valence-electron chi connectivity index (χ3n) is 3.65. The largest absolute Gasteiger partial charge is 0.297 e. The maximum absolute atomic E-state index is 9.35. The Kier molecular flexibility index (Phi) is 3.93. The third kappa shape index (κ3) is 2.89. The van der Waals surface area contributed by atoms with Crippen LogP contribution in [-0.2, 0) is 0 Å². The second kappa shape index (κ2) is 5.23. The number of hydrogen-bond donors (Lipinski definition) is 1. The Morgan fingerprint density at radius 2 is 1.80 bits per heavy atom. The van der Waals surface area contributed by atoms with E-state index < -0.39 is 0 Å². The molecule has 1 N–H and O–H groups in total. The lowest BCUT2D eigenvalue weighted by Gasteiger charge is -2.36. The van der Waals surface area contributed by atoms with E-state index in [0.717, 1.165) is 24.3 Å². The summed E-state index contributed by atoms with van der Waals surface area (Å²) >= 11 is 1.98. The minimum absolute atomic E-state index is 0.187. The first-order valence-corrected chi connectivity index (χ1v) is 7.27. The standard InChI is InChI=1S/C12H20N2S/c13-10-12(6-8-15-9-7-12)14-11-4-2-1-3-5-11/h11,14H,1-9H2. The van der Waals surface area contributed by atoms with Gasteiger partial charge in [-0.15, -0.1) is 0 Å². The van der Waals surface area contributed by atoms with Gasteiger partial charge in [0.15, 0.2) is 0 Å². The van der Waals surface area contributed by atoms with Crippen LogP contribution in [0.4, 0.5) is 0 Å². The lowest BCUT2D eigenvalue weighted by atomic mass is 9.88. The van der Waals surface area contributed by atoms with Gasteiger partial charge in [-0.2, -0.15) is 17.0 Å². The molecule has 2 fully saturated rings. The Hall–Kier alpha value is -0.200. The first-order chi connectivity index (χ1) is 7.35. The van der Waals surface area contributed by atoms with E-state index >= 15 is 0 Å². The maximum atomic E-state index is 9.35. The second-order valence-corrected chi connectivity index (χ2v) is 6.01. The van der Waals surface area contributed by atoms with Crippen LogP contribution in [0.25, 0.3) is 0 Å². The third-order valence-corrected chi connectivity index (χ3v) is 4.63. The van der Waals surface area contributed by atoms with Crippen LogP contribution >= 0.6 is 11.8 Å². The van der Waals surface area contributed by atoms with Crippen molar-refractivity contribution in [2.24, 2.45) is 0 Å². The van der Waals surface area contributed by atoms with Crippen LogP contribution < -0.4 is 5.32 Å². The quantitative estimate of drug-likeness (QED) is 0.783. The van der Waals surface area contributed by atoms with Crippen molar-refractivity contribution in [2.75, 3.05) is 11.5 Å². The van der Waals surface area contributed by atoms with Crippen molar-refractivity contribution in [3.05, 3.63) is 0 Å². The zero-order valence-corrected chi connectivity index (χ0v) is 10.1. The van der Waals surface area contributed by atoms with Gasteiger partial charge in [0.25, 0.3) is 0 Å². The van der Waals surface area contributed by atoms with Crippen molar-refractivity contribution in [1.82, 2.24) is 5.32 Å². The number of hydrogen-bond acceptors (Lipinski definition) is 3. The van der Waals surface area contributed by atoms with Gasteiger partial charge in [0.2, 0.25) is 0 Å². The molecule has 0 aromatic rings. The molecule has 0 atom stereocenters. The monoisotopic (exact) mass is 224 g/mol. The summed E-state index contributed by atoms with van der Waals surface area (Å²) in [7, 11) is 0. The molecule has 2 aliphatic rings. The Morgan fingerprint density at radius 3 is 2.40 bits per heavy atom. The molecule has 0 radical (unpaired) electrons. The fourth-order valence-electron chi connectivity index (χ4n) is 2.65. The first-order valence-electron chi connectivity index (χ1n) is 6.11. The van der Waals surface area contributed by atoms with Gasteiger partial charge in [0.05, 0.1) is 6.07 Å². The zero-order chi connectivity index (χ0) is 10.6. The van der Waals surface area contributed by atoms with Crippen molar-refractivity contribution in [3.63, 3.8) is 0 Å². The minimum atomic E-state index is -0.187. The van der Waals surface area contributed by atoms with Crippen LogP contribution in [0.15, 0.2) is 0 Å². The van der Waals surface area contributed by atoms with Crippen molar-refractivity contribution in [3.8, 4) is 6.07 Å². The average Bonchev–Trinajstić information content (AvgIpc) is 2.32. The zero-order valence-electron chi connectivity index (χ0n) is 9.30. The summed E-state index contributed by atoms with van der Waals surface area (Å²) in [6, 6.07) is 3.15. The van der Waals surface area contributed by atoms with Crippen molar-refractivity contribution >= 4 is 11.8 Å². The molecule has 1 saturated carbocycles.